The first kappa shape index (κ1) is 20.6. The molecule has 144 valence electrons. The Labute approximate surface area is 162 Å². The number of anilines is 1. The van der Waals surface area contributed by atoms with Gasteiger partial charge in [-0.15, -0.1) is 0 Å². The van der Waals surface area contributed by atoms with E-state index < -0.39 is 11.6 Å². The summed E-state index contributed by atoms with van der Waals surface area (Å²) in [4.78, 5) is 12.6. The number of allylic oxidation sites excluding steroid dienone is 1. The largest absolute Gasteiger partial charge is 0.497 e. The normalized spacial score (nSPS) is 12.6. The van der Waals surface area contributed by atoms with Crippen LogP contribution in [0.2, 0.25) is 0 Å². The van der Waals surface area contributed by atoms with Crippen LogP contribution < -0.4 is 10.1 Å². The van der Waals surface area contributed by atoms with E-state index in [9.17, 15) is 4.79 Å². The molecule has 0 aliphatic rings. The molecule has 2 aromatic rings. The van der Waals surface area contributed by atoms with E-state index >= 15 is 0 Å². The number of carbonyl (C=O) groups is 1. The number of nitrogens with one attached hydrogen (secondary N) is 1. The molecule has 0 saturated heterocycles. The zero-order valence-electron chi connectivity index (χ0n) is 16.6. The third kappa shape index (κ3) is 7.57. The Kier molecular flexibility index (Phi) is 7.47. The Hall–Kier alpha value is -2.75. The second-order valence-electron chi connectivity index (χ2n) is 7.34. The Morgan fingerprint density at radius 3 is 2.33 bits per heavy atom. The van der Waals surface area contributed by atoms with Gasteiger partial charge in [-0.3, -0.25) is 0 Å². The van der Waals surface area contributed by atoms with E-state index in [0.717, 1.165) is 24.3 Å². The van der Waals surface area contributed by atoms with Crippen LogP contribution in [-0.2, 0) is 16.0 Å². The summed E-state index contributed by atoms with van der Waals surface area (Å²) in [6, 6.07) is 17.2. The number of benzene rings is 2. The van der Waals surface area contributed by atoms with Gasteiger partial charge in [-0.25, -0.2) is 4.79 Å². The van der Waals surface area contributed by atoms with Crippen molar-refractivity contribution < 1.29 is 14.3 Å². The number of methoxy groups -OCH3 is 1. The van der Waals surface area contributed by atoms with Gasteiger partial charge in [0.1, 0.15) is 17.4 Å². The Bertz CT molecular complexity index is 730. The van der Waals surface area contributed by atoms with Gasteiger partial charge in [0.25, 0.3) is 0 Å². The number of rotatable bonds is 8. The van der Waals surface area contributed by atoms with Crippen LogP contribution in [0.15, 0.2) is 66.7 Å². The summed E-state index contributed by atoms with van der Waals surface area (Å²) in [6.07, 6.45) is 5.69. The third-order valence-corrected chi connectivity index (χ3v) is 3.84. The van der Waals surface area contributed by atoms with Crippen molar-refractivity contribution in [1.82, 2.24) is 0 Å². The number of aryl methyl sites for hydroxylation is 1. The Morgan fingerprint density at radius 2 is 1.74 bits per heavy atom. The lowest BCUT2D eigenvalue weighted by molar-refractivity contribution is -0.154. The predicted molar refractivity (Wildman–Crippen MR) is 110 cm³/mol. The van der Waals surface area contributed by atoms with Crippen molar-refractivity contribution in [3.63, 3.8) is 0 Å². The summed E-state index contributed by atoms with van der Waals surface area (Å²) < 4.78 is 10.7. The van der Waals surface area contributed by atoms with Crippen LogP contribution in [0.4, 0.5) is 5.69 Å². The summed E-state index contributed by atoms with van der Waals surface area (Å²) in [7, 11) is 1.63. The zero-order valence-corrected chi connectivity index (χ0v) is 16.6. The number of hydrogen-bond acceptors (Lipinski definition) is 4. The Balaban J connectivity index is 2.03. The van der Waals surface area contributed by atoms with Crippen molar-refractivity contribution in [3.05, 3.63) is 72.3 Å². The average molecular weight is 367 g/mol. The van der Waals surface area contributed by atoms with E-state index in [4.69, 9.17) is 9.47 Å². The summed E-state index contributed by atoms with van der Waals surface area (Å²) in [5.41, 5.74) is 1.58. The molecule has 0 aliphatic heterocycles. The lowest BCUT2D eigenvalue weighted by Gasteiger charge is -2.23. The van der Waals surface area contributed by atoms with Crippen LogP contribution in [0.3, 0.4) is 0 Å². The van der Waals surface area contributed by atoms with E-state index in [2.05, 4.69) is 17.4 Å². The number of hydrogen-bond donors (Lipinski definition) is 1. The Morgan fingerprint density at radius 1 is 1.07 bits per heavy atom. The van der Waals surface area contributed by atoms with Crippen LogP contribution in [0, 0.1) is 0 Å². The van der Waals surface area contributed by atoms with Gasteiger partial charge in [0, 0.05) is 5.69 Å². The van der Waals surface area contributed by atoms with Crippen molar-refractivity contribution in [2.45, 2.75) is 45.3 Å². The fourth-order valence-corrected chi connectivity index (χ4v) is 2.54. The van der Waals surface area contributed by atoms with Gasteiger partial charge in [-0.1, -0.05) is 42.5 Å². The molecular formula is C23H29NO3. The molecule has 4 heteroatoms. The first-order valence-corrected chi connectivity index (χ1v) is 9.21. The quantitative estimate of drug-likeness (QED) is 0.526. The highest BCUT2D eigenvalue weighted by atomic mass is 16.6. The van der Waals surface area contributed by atoms with Crippen LogP contribution >= 0.6 is 0 Å². The molecule has 0 saturated carbocycles. The molecule has 4 nitrogen and oxygen atoms in total. The molecule has 0 fully saturated rings. The monoisotopic (exact) mass is 367 g/mol. The van der Waals surface area contributed by atoms with Gasteiger partial charge in [0.2, 0.25) is 0 Å². The molecule has 0 amide bonds. The van der Waals surface area contributed by atoms with E-state index in [0.29, 0.717) is 0 Å². The minimum atomic E-state index is -0.548. The molecule has 0 radical (unpaired) electrons. The zero-order chi connectivity index (χ0) is 19.7. The highest BCUT2D eigenvalue weighted by Gasteiger charge is 2.23. The van der Waals surface area contributed by atoms with Crippen LogP contribution in [0.25, 0.3) is 0 Å². The van der Waals surface area contributed by atoms with E-state index in [1.165, 1.54) is 5.56 Å². The second-order valence-corrected chi connectivity index (χ2v) is 7.34. The first-order chi connectivity index (χ1) is 12.9. The molecule has 0 heterocycles. The number of carbonyl (C=O) groups excluding carboxylic acids is 1. The molecule has 2 aromatic carbocycles. The molecule has 1 N–H and O–H groups in total. The molecule has 2 rings (SSSR count). The molecule has 0 spiro atoms. The lowest BCUT2D eigenvalue weighted by atomic mass is 10.1. The van der Waals surface area contributed by atoms with Crippen molar-refractivity contribution in [1.29, 1.82) is 0 Å². The third-order valence-electron chi connectivity index (χ3n) is 3.84. The smallest absolute Gasteiger partial charge is 0.333 e. The SMILES string of the molecule is COc1ccc(NC(/C=C/CCc2ccccc2)C(=O)OC(C)(C)C)cc1. The summed E-state index contributed by atoms with van der Waals surface area (Å²) in [6.45, 7) is 5.61. The summed E-state index contributed by atoms with van der Waals surface area (Å²) in [5.74, 6) is 0.474. The van der Waals surface area contributed by atoms with Crippen molar-refractivity contribution in [2.24, 2.45) is 0 Å². The molecule has 27 heavy (non-hydrogen) atoms. The average Bonchev–Trinajstić information content (AvgIpc) is 2.64. The standard InChI is InChI=1S/C23H29NO3/c1-23(2,3)27-22(25)21(24-19-14-16-20(26-4)17-15-19)13-9-8-12-18-10-6-5-7-11-18/h5-7,9-11,13-17,21,24H,8,12H2,1-4H3/b13-9+. The van der Waals surface area contributed by atoms with Gasteiger partial charge in [0.05, 0.1) is 7.11 Å². The van der Waals surface area contributed by atoms with Crippen LogP contribution in [0.1, 0.15) is 32.8 Å². The maximum atomic E-state index is 12.6. The highest BCUT2D eigenvalue weighted by molar-refractivity contribution is 5.82. The van der Waals surface area contributed by atoms with Gasteiger partial charge < -0.3 is 14.8 Å². The molecule has 0 aliphatic carbocycles. The molecule has 1 unspecified atom stereocenters. The predicted octanol–water partition coefficient (Wildman–Crippen LogP) is 5.01. The van der Waals surface area contributed by atoms with Gasteiger partial charge in [-0.2, -0.15) is 0 Å². The fourth-order valence-electron chi connectivity index (χ4n) is 2.54. The maximum Gasteiger partial charge on any atom is 0.333 e. The van der Waals surface area contributed by atoms with Crippen molar-refractivity contribution >= 4 is 11.7 Å². The van der Waals surface area contributed by atoms with E-state index in [1.54, 1.807) is 7.11 Å². The van der Waals surface area contributed by atoms with Gasteiger partial charge >= 0.3 is 5.97 Å². The van der Waals surface area contributed by atoms with Crippen LogP contribution in [0.5, 0.6) is 5.75 Å². The van der Waals surface area contributed by atoms with Gasteiger partial charge in [-0.05, 0) is 63.4 Å². The number of esters is 1. The minimum absolute atomic E-state index is 0.297. The van der Waals surface area contributed by atoms with Crippen molar-refractivity contribution in [3.8, 4) is 5.75 Å². The molecular weight excluding hydrogens is 338 g/mol. The lowest BCUT2D eigenvalue weighted by Crippen LogP contribution is -2.35. The highest BCUT2D eigenvalue weighted by Crippen LogP contribution is 2.18. The van der Waals surface area contributed by atoms with E-state index in [-0.39, 0.29) is 5.97 Å². The first-order valence-electron chi connectivity index (χ1n) is 9.21. The fraction of sp³-hybridized carbons (Fsp3) is 0.348. The van der Waals surface area contributed by atoms with E-state index in [1.807, 2.05) is 75.4 Å². The van der Waals surface area contributed by atoms with Crippen LogP contribution in [-0.4, -0.2) is 24.7 Å². The topological polar surface area (TPSA) is 47.6 Å². The summed E-state index contributed by atoms with van der Waals surface area (Å²) >= 11 is 0. The maximum absolute atomic E-state index is 12.6. The second kappa shape index (κ2) is 9.81. The van der Waals surface area contributed by atoms with Gasteiger partial charge in [0.15, 0.2) is 0 Å². The minimum Gasteiger partial charge on any atom is -0.497 e. The molecule has 0 bridgehead atoms. The molecule has 0 aromatic heterocycles. The number of ether oxygens (including phenoxy) is 2. The van der Waals surface area contributed by atoms with Crippen molar-refractivity contribution in [2.75, 3.05) is 12.4 Å². The summed E-state index contributed by atoms with van der Waals surface area (Å²) in [5, 5.41) is 3.23. The molecule has 1 atom stereocenters.